The third kappa shape index (κ3) is 2.94. The van der Waals surface area contributed by atoms with E-state index in [0.717, 1.165) is 48.8 Å². The van der Waals surface area contributed by atoms with Crippen LogP contribution in [-0.2, 0) is 0 Å². The van der Waals surface area contributed by atoms with E-state index >= 15 is 0 Å². The maximum atomic E-state index is 12.1. The van der Waals surface area contributed by atoms with Crippen molar-refractivity contribution in [3.63, 3.8) is 0 Å². The number of carbonyl (C=O) groups excluding carboxylic acids is 1. The molecule has 1 aromatic carbocycles. The molecule has 0 aliphatic carbocycles. The Bertz CT molecular complexity index is 437. The highest BCUT2D eigenvalue weighted by Crippen LogP contribution is 2.19. The van der Waals surface area contributed by atoms with E-state index in [0.29, 0.717) is 0 Å². The fourth-order valence-electron chi connectivity index (χ4n) is 2.17. The van der Waals surface area contributed by atoms with E-state index in [2.05, 4.69) is 12.2 Å². The zero-order chi connectivity index (χ0) is 13.1. The van der Waals surface area contributed by atoms with Crippen molar-refractivity contribution in [1.29, 1.82) is 0 Å². The van der Waals surface area contributed by atoms with E-state index in [1.807, 2.05) is 30.0 Å². The molecule has 4 heteroatoms. The average Bonchev–Trinajstić information content (AvgIpc) is 2.34. The standard InChI is InChI=1S/C14H21N3O/c1-10-5-7-17(8-6-10)14(18)16-12-3-4-13(15)11(2)9-12/h3-4,9-10H,5-8,15H2,1-2H3,(H,16,18). The summed E-state index contributed by atoms with van der Waals surface area (Å²) in [7, 11) is 0. The maximum absolute atomic E-state index is 12.1. The number of benzene rings is 1. The minimum atomic E-state index is -0.00827. The highest BCUT2D eigenvalue weighted by Gasteiger charge is 2.20. The Kier molecular flexibility index (Phi) is 3.75. The molecule has 0 radical (unpaired) electrons. The molecule has 2 amide bonds. The molecule has 0 bridgehead atoms. The number of nitrogens with zero attached hydrogens (tertiary/aromatic N) is 1. The van der Waals surface area contributed by atoms with Crippen molar-refractivity contribution in [3.05, 3.63) is 23.8 Å². The van der Waals surface area contributed by atoms with Crippen molar-refractivity contribution in [1.82, 2.24) is 4.90 Å². The van der Waals surface area contributed by atoms with Crippen LogP contribution in [0.5, 0.6) is 0 Å². The lowest BCUT2D eigenvalue weighted by atomic mass is 10.00. The van der Waals surface area contributed by atoms with Gasteiger partial charge in [0.2, 0.25) is 0 Å². The van der Waals surface area contributed by atoms with Gasteiger partial charge < -0.3 is 16.0 Å². The van der Waals surface area contributed by atoms with Gasteiger partial charge in [-0.2, -0.15) is 0 Å². The van der Waals surface area contributed by atoms with Crippen LogP contribution in [0.15, 0.2) is 18.2 Å². The number of anilines is 2. The largest absolute Gasteiger partial charge is 0.399 e. The molecule has 4 nitrogen and oxygen atoms in total. The van der Waals surface area contributed by atoms with Gasteiger partial charge in [0.05, 0.1) is 0 Å². The number of hydrogen-bond acceptors (Lipinski definition) is 2. The molecule has 2 rings (SSSR count). The van der Waals surface area contributed by atoms with Crippen LogP contribution in [0.25, 0.3) is 0 Å². The Morgan fingerprint density at radius 1 is 1.39 bits per heavy atom. The lowest BCUT2D eigenvalue weighted by molar-refractivity contribution is 0.186. The summed E-state index contributed by atoms with van der Waals surface area (Å²) >= 11 is 0. The van der Waals surface area contributed by atoms with E-state index in [4.69, 9.17) is 5.73 Å². The first-order valence-electron chi connectivity index (χ1n) is 6.48. The second-order valence-corrected chi connectivity index (χ2v) is 5.17. The number of hydrogen-bond donors (Lipinski definition) is 2. The summed E-state index contributed by atoms with van der Waals surface area (Å²) < 4.78 is 0. The van der Waals surface area contributed by atoms with E-state index < -0.39 is 0 Å². The Labute approximate surface area is 108 Å². The van der Waals surface area contributed by atoms with Crippen LogP contribution in [-0.4, -0.2) is 24.0 Å². The van der Waals surface area contributed by atoms with E-state index in [1.165, 1.54) is 0 Å². The molecule has 1 aromatic rings. The lowest BCUT2D eigenvalue weighted by Crippen LogP contribution is -2.40. The smallest absolute Gasteiger partial charge is 0.321 e. The molecule has 0 aromatic heterocycles. The van der Waals surface area contributed by atoms with Crippen LogP contribution in [0.4, 0.5) is 16.2 Å². The van der Waals surface area contributed by atoms with Crippen molar-refractivity contribution in [3.8, 4) is 0 Å². The van der Waals surface area contributed by atoms with Gasteiger partial charge in [-0.25, -0.2) is 4.79 Å². The minimum absolute atomic E-state index is 0.00827. The van der Waals surface area contributed by atoms with Crippen LogP contribution in [0.1, 0.15) is 25.3 Å². The van der Waals surface area contributed by atoms with E-state index in [9.17, 15) is 4.79 Å². The Morgan fingerprint density at radius 3 is 2.67 bits per heavy atom. The number of rotatable bonds is 1. The zero-order valence-electron chi connectivity index (χ0n) is 11.1. The van der Waals surface area contributed by atoms with Crippen LogP contribution < -0.4 is 11.1 Å². The SMILES string of the molecule is Cc1cc(NC(=O)N2CCC(C)CC2)ccc1N. The van der Waals surface area contributed by atoms with Crippen molar-refractivity contribution >= 4 is 17.4 Å². The molecule has 98 valence electrons. The molecule has 0 saturated carbocycles. The number of piperidine rings is 1. The van der Waals surface area contributed by atoms with E-state index in [-0.39, 0.29) is 6.03 Å². The summed E-state index contributed by atoms with van der Waals surface area (Å²) in [5.41, 5.74) is 8.30. The first-order chi connectivity index (χ1) is 8.56. The molecule has 3 N–H and O–H groups in total. The fourth-order valence-corrected chi connectivity index (χ4v) is 2.17. The van der Waals surface area contributed by atoms with E-state index in [1.54, 1.807) is 0 Å². The number of urea groups is 1. The normalized spacial score (nSPS) is 16.7. The molecule has 0 atom stereocenters. The fraction of sp³-hybridized carbons (Fsp3) is 0.500. The number of amides is 2. The molecule has 1 aliphatic heterocycles. The Morgan fingerprint density at radius 2 is 2.06 bits per heavy atom. The topological polar surface area (TPSA) is 58.4 Å². The summed E-state index contributed by atoms with van der Waals surface area (Å²) in [4.78, 5) is 13.9. The first-order valence-corrected chi connectivity index (χ1v) is 6.48. The zero-order valence-corrected chi connectivity index (χ0v) is 11.1. The lowest BCUT2D eigenvalue weighted by Gasteiger charge is -2.30. The number of carbonyl (C=O) groups is 1. The second kappa shape index (κ2) is 5.29. The Hall–Kier alpha value is -1.71. The third-order valence-electron chi connectivity index (χ3n) is 3.59. The van der Waals surface area contributed by atoms with Gasteiger partial charge in [-0.05, 0) is 49.4 Å². The number of nitrogen functional groups attached to an aromatic ring is 1. The summed E-state index contributed by atoms with van der Waals surface area (Å²) in [5, 5.41) is 2.93. The predicted octanol–water partition coefficient (Wildman–Crippen LogP) is 2.84. The molecule has 1 aliphatic rings. The van der Waals surface area contributed by atoms with Crippen molar-refractivity contribution in [2.75, 3.05) is 24.1 Å². The second-order valence-electron chi connectivity index (χ2n) is 5.17. The molecule has 0 unspecified atom stereocenters. The maximum Gasteiger partial charge on any atom is 0.321 e. The van der Waals surface area contributed by atoms with Gasteiger partial charge in [-0.15, -0.1) is 0 Å². The van der Waals surface area contributed by atoms with Crippen molar-refractivity contribution < 1.29 is 4.79 Å². The van der Waals surface area contributed by atoms with Crippen LogP contribution in [0, 0.1) is 12.8 Å². The van der Waals surface area contributed by atoms with Gasteiger partial charge in [-0.1, -0.05) is 6.92 Å². The highest BCUT2D eigenvalue weighted by atomic mass is 16.2. The molecule has 0 spiro atoms. The first kappa shape index (κ1) is 12.7. The van der Waals surface area contributed by atoms with Gasteiger partial charge in [0.15, 0.2) is 0 Å². The molecule has 1 saturated heterocycles. The molecule has 1 heterocycles. The monoisotopic (exact) mass is 247 g/mol. The Balaban J connectivity index is 1.96. The number of aryl methyl sites for hydroxylation is 1. The summed E-state index contributed by atoms with van der Waals surface area (Å²) in [6.45, 7) is 5.87. The van der Waals surface area contributed by atoms with Gasteiger partial charge in [0.1, 0.15) is 0 Å². The van der Waals surface area contributed by atoms with Gasteiger partial charge >= 0.3 is 6.03 Å². The van der Waals surface area contributed by atoms with Crippen LogP contribution in [0.3, 0.4) is 0 Å². The predicted molar refractivity (Wildman–Crippen MR) is 74.6 cm³/mol. The molecular weight excluding hydrogens is 226 g/mol. The third-order valence-corrected chi connectivity index (χ3v) is 3.59. The molecular formula is C14H21N3O. The average molecular weight is 247 g/mol. The molecule has 18 heavy (non-hydrogen) atoms. The van der Waals surface area contributed by atoms with Crippen molar-refractivity contribution in [2.45, 2.75) is 26.7 Å². The van der Waals surface area contributed by atoms with Crippen LogP contribution in [0.2, 0.25) is 0 Å². The van der Waals surface area contributed by atoms with Crippen LogP contribution >= 0.6 is 0 Å². The summed E-state index contributed by atoms with van der Waals surface area (Å²) in [6.07, 6.45) is 2.18. The van der Waals surface area contributed by atoms with Crippen molar-refractivity contribution in [2.24, 2.45) is 5.92 Å². The van der Waals surface area contributed by atoms with Gasteiger partial charge in [-0.3, -0.25) is 0 Å². The minimum Gasteiger partial charge on any atom is -0.399 e. The van der Waals surface area contributed by atoms with Gasteiger partial charge in [0, 0.05) is 24.5 Å². The number of likely N-dealkylation sites (tertiary alicyclic amines) is 1. The van der Waals surface area contributed by atoms with Gasteiger partial charge in [0.25, 0.3) is 0 Å². The number of nitrogens with one attached hydrogen (secondary N) is 1. The summed E-state index contributed by atoms with van der Waals surface area (Å²) in [5.74, 6) is 0.729. The molecule has 1 fully saturated rings. The number of nitrogens with two attached hydrogens (primary N) is 1. The highest BCUT2D eigenvalue weighted by molar-refractivity contribution is 5.89. The summed E-state index contributed by atoms with van der Waals surface area (Å²) in [6, 6.07) is 5.56. The quantitative estimate of drug-likeness (QED) is 0.750.